The normalized spacial score (nSPS) is 11.5. The molecule has 1 rings (SSSR count). The number of hydrogen-bond donors (Lipinski definition) is 1. The Balaban J connectivity index is 3.22. The number of benzene rings is 1. The minimum absolute atomic E-state index is 0.118. The molecule has 2 heteroatoms. The molecule has 0 aliphatic heterocycles. The van der Waals surface area contributed by atoms with Crippen molar-refractivity contribution in [3.63, 3.8) is 0 Å². The van der Waals surface area contributed by atoms with Crippen LogP contribution in [-0.4, -0.2) is 7.11 Å². The van der Waals surface area contributed by atoms with Crippen molar-refractivity contribution in [1.82, 2.24) is 0 Å². The molecule has 0 fully saturated rings. The summed E-state index contributed by atoms with van der Waals surface area (Å²) in [6.07, 6.45) is 0. The van der Waals surface area contributed by atoms with E-state index in [1.165, 1.54) is 5.56 Å². The van der Waals surface area contributed by atoms with Gasteiger partial charge in [0.2, 0.25) is 0 Å². The largest absolute Gasteiger partial charge is 0.496 e. The van der Waals surface area contributed by atoms with Gasteiger partial charge in [-0.25, -0.2) is 0 Å². The van der Waals surface area contributed by atoms with E-state index >= 15 is 0 Å². The van der Waals surface area contributed by atoms with Crippen LogP contribution in [0.3, 0.4) is 0 Å². The maximum absolute atomic E-state index is 5.30. The minimum Gasteiger partial charge on any atom is -0.496 e. The fourth-order valence-electron chi connectivity index (χ4n) is 1.30. The highest BCUT2D eigenvalue weighted by molar-refractivity contribution is 7.80. The molecule has 1 aromatic rings. The van der Waals surface area contributed by atoms with Crippen LogP contribution in [0.15, 0.2) is 23.1 Å². The van der Waals surface area contributed by atoms with Gasteiger partial charge in [0.05, 0.1) is 7.11 Å². The average molecular weight is 196 g/mol. The molecule has 1 aromatic carbocycles. The molecule has 0 N–H and O–H groups in total. The fraction of sp³-hybridized carbons (Fsp3) is 0.455. The summed E-state index contributed by atoms with van der Waals surface area (Å²) in [5.74, 6) is 0.917. The molecule has 0 aromatic heterocycles. The van der Waals surface area contributed by atoms with Crippen LogP contribution in [-0.2, 0) is 5.41 Å². The summed E-state index contributed by atoms with van der Waals surface area (Å²) in [6, 6.07) is 6.01. The summed E-state index contributed by atoms with van der Waals surface area (Å²) in [5.41, 5.74) is 1.33. The maximum atomic E-state index is 5.30. The Kier molecular flexibility index (Phi) is 2.91. The molecule has 72 valence electrons. The lowest BCUT2D eigenvalue weighted by atomic mass is 9.86. The topological polar surface area (TPSA) is 9.23 Å². The highest BCUT2D eigenvalue weighted by Crippen LogP contribution is 2.32. The van der Waals surface area contributed by atoms with Crippen LogP contribution in [0.25, 0.3) is 0 Å². The highest BCUT2D eigenvalue weighted by atomic mass is 32.1. The Morgan fingerprint density at radius 1 is 1.23 bits per heavy atom. The Labute approximate surface area is 85.5 Å². The molecule has 0 aliphatic rings. The molecular weight excluding hydrogens is 180 g/mol. The Hall–Kier alpha value is -0.630. The first-order chi connectivity index (χ1) is 5.95. The monoisotopic (exact) mass is 196 g/mol. The Bertz CT molecular complexity index is 299. The van der Waals surface area contributed by atoms with Gasteiger partial charge in [0.25, 0.3) is 0 Å². The molecule has 1 nitrogen and oxygen atoms in total. The van der Waals surface area contributed by atoms with E-state index in [9.17, 15) is 0 Å². The zero-order valence-electron chi connectivity index (χ0n) is 8.59. The molecule has 0 saturated heterocycles. The molecule has 0 unspecified atom stereocenters. The summed E-state index contributed by atoms with van der Waals surface area (Å²) >= 11 is 4.27. The van der Waals surface area contributed by atoms with Gasteiger partial charge in [0.15, 0.2) is 0 Å². The molecule has 0 bridgehead atoms. The molecule has 0 spiro atoms. The standard InChI is InChI=1S/C11H16OS/c1-11(2,3)9-6-5-8(13)7-10(9)12-4/h5-7,13H,1-4H3. The molecule has 13 heavy (non-hydrogen) atoms. The Morgan fingerprint density at radius 3 is 2.31 bits per heavy atom. The SMILES string of the molecule is COc1cc(S)ccc1C(C)(C)C. The summed E-state index contributed by atoms with van der Waals surface area (Å²) in [4.78, 5) is 0.935. The minimum atomic E-state index is 0.118. The van der Waals surface area contributed by atoms with Gasteiger partial charge in [-0.2, -0.15) is 0 Å². The molecule has 0 heterocycles. The first kappa shape index (κ1) is 10.5. The number of thiol groups is 1. The van der Waals surface area contributed by atoms with Gasteiger partial charge in [0.1, 0.15) is 5.75 Å². The number of rotatable bonds is 1. The van der Waals surface area contributed by atoms with Crippen molar-refractivity contribution in [3.05, 3.63) is 23.8 Å². The molecule has 0 saturated carbocycles. The maximum Gasteiger partial charge on any atom is 0.123 e. The lowest BCUT2D eigenvalue weighted by Gasteiger charge is -2.22. The van der Waals surface area contributed by atoms with E-state index in [1.807, 2.05) is 12.1 Å². The number of methoxy groups -OCH3 is 1. The van der Waals surface area contributed by atoms with Crippen LogP contribution >= 0.6 is 12.6 Å². The van der Waals surface area contributed by atoms with Crippen LogP contribution in [0.4, 0.5) is 0 Å². The third kappa shape index (κ3) is 2.41. The lowest BCUT2D eigenvalue weighted by Crippen LogP contribution is -2.12. The fourth-order valence-corrected chi connectivity index (χ4v) is 1.49. The van der Waals surface area contributed by atoms with Crippen LogP contribution in [0.5, 0.6) is 5.75 Å². The van der Waals surface area contributed by atoms with Gasteiger partial charge in [-0.3, -0.25) is 0 Å². The first-order valence-corrected chi connectivity index (χ1v) is 4.77. The van der Waals surface area contributed by atoms with E-state index in [-0.39, 0.29) is 5.41 Å². The Morgan fingerprint density at radius 2 is 1.85 bits per heavy atom. The van der Waals surface area contributed by atoms with Crippen molar-refractivity contribution < 1.29 is 4.74 Å². The summed E-state index contributed by atoms with van der Waals surface area (Å²) in [5, 5.41) is 0. The smallest absolute Gasteiger partial charge is 0.123 e. The first-order valence-electron chi connectivity index (χ1n) is 4.32. The third-order valence-corrected chi connectivity index (χ3v) is 2.27. The molecule has 0 amide bonds. The van der Waals surface area contributed by atoms with Crippen molar-refractivity contribution in [1.29, 1.82) is 0 Å². The van der Waals surface area contributed by atoms with Gasteiger partial charge in [-0.1, -0.05) is 26.8 Å². The van der Waals surface area contributed by atoms with Gasteiger partial charge < -0.3 is 4.74 Å². The summed E-state index contributed by atoms with van der Waals surface area (Å²) in [7, 11) is 1.69. The zero-order valence-corrected chi connectivity index (χ0v) is 9.48. The van der Waals surface area contributed by atoms with E-state index in [2.05, 4.69) is 39.5 Å². The second kappa shape index (κ2) is 3.62. The lowest BCUT2D eigenvalue weighted by molar-refractivity contribution is 0.396. The predicted octanol–water partition coefficient (Wildman–Crippen LogP) is 3.28. The quantitative estimate of drug-likeness (QED) is 0.678. The third-order valence-electron chi connectivity index (χ3n) is 1.99. The van der Waals surface area contributed by atoms with E-state index in [0.717, 1.165) is 10.6 Å². The van der Waals surface area contributed by atoms with Crippen LogP contribution < -0.4 is 4.74 Å². The second-order valence-corrected chi connectivity index (χ2v) is 4.65. The van der Waals surface area contributed by atoms with Crippen LogP contribution in [0, 0.1) is 0 Å². The summed E-state index contributed by atoms with van der Waals surface area (Å²) in [6.45, 7) is 6.51. The highest BCUT2D eigenvalue weighted by Gasteiger charge is 2.18. The molecule has 0 atom stereocenters. The van der Waals surface area contributed by atoms with E-state index in [0.29, 0.717) is 0 Å². The van der Waals surface area contributed by atoms with Crippen molar-refractivity contribution in [2.75, 3.05) is 7.11 Å². The molecule has 0 aliphatic carbocycles. The van der Waals surface area contributed by atoms with Crippen molar-refractivity contribution >= 4 is 12.6 Å². The van der Waals surface area contributed by atoms with Crippen molar-refractivity contribution in [3.8, 4) is 5.75 Å². The summed E-state index contributed by atoms with van der Waals surface area (Å²) < 4.78 is 5.30. The van der Waals surface area contributed by atoms with Gasteiger partial charge in [0, 0.05) is 4.90 Å². The van der Waals surface area contributed by atoms with Crippen molar-refractivity contribution in [2.24, 2.45) is 0 Å². The van der Waals surface area contributed by atoms with Crippen molar-refractivity contribution in [2.45, 2.75) is 31.1 Å². The average Bonchev–Trinajstić information content (AvgIpc) is 2.01. The second-order valence-electron chi connectivity index (χ2n) is 4.13. The van der Waals surface area contributed by atoms with E-state index < -0.39 is 0 Å². The van der Waals surface area contributed by atoms with Crippen LogP contribution in [0.1, 0.15) is 26.3 Å². The molecular formula is C11H16OS. The van der Waals surface area contributed by atoms with E-state index in [1.54, 1.807) is 7.11 Å². The van der Waals surface area contributed by atoms with Gasteiger partial charge in [-0.05, 0) is 23.1 Å². The van der Waals surface area contributed by atoms with E-state index in [4.69, 9.17) is 4.74 Å². The number of ether oxygens (including phenoxy) is 1. The predicted molar refractivity (Wildman–Crippen MR) is 58.9 cm³/mol. The van der Waals surface area contributed by atoms with Crippen LogP contribution in [0.2, 0.25) is 0 Å². The van der Waals surface area contributed by atoms with Gasteiger partial charge >= 0.3 is 0 Å². The van der Waals surface area contributed by atoms with Gasteiger partial charge in [-0.15, -0.1) is 12.6 Å². The zero-order chi connectivity index (χ0) is 10.1. The number of hydrogen-bond acceptors (Lipinski definition) is 2. The molecule has 0 radical (unpaired) electrons.